The number of hydrogen-bond donors (Lipinski definition) is 0. The smallest absolute Gasteiger partial charge is 0.332 e. The lowest BCUT2D eigenvalue weighted by molar-refractivity contribution is 0.814. The van der Waals surface area contributed by atoms with Crippen molar-refractivity contribution in [2.45, 2.75) is 0 Å². The van der Waals surface area contributed by atoms with Crippen LogP contribution in [0.5, 0.6) is 0 Å². The maximum atomic E-state index is 2.60. The van der Waals surface area contributed by atoms with Crippen molar-refractivity contribution in [3.05, 3.63) is 219 Å². The third kappa shape index (κ3) is 4.38. The molecule has 2 aromatic heterocycles. The third-order valence-electron chi connectivity index (χ3n) is 14.1. The highest BCUT2D eigenvalue weighted by Gasteiger charge is 2.45. The lowest BCUT2D eigenvalue weighted by Crippen LogP contribution is -2.57. The van der Waals surface area contributed by atoms with Crippen molar-refractivity contribution < 1.29 is 0 Å². The van der Waals surface area contributed by atoms with E-state index in [1.165, 1.54) is 99.5 Å². The molecule has 0 atom stereocenters. The first kappa shape index (κ1) is 34.2. The molecule has 0 amide bonds. The first-order valence-electron chi connectivity index (χ1n) is 22.1. The van der Waals surface area contributed by atoms with Crippen molar-refractivity contribution in [1.82, 2.24) is 18.2 Å². The highest BCUT2D eigenvalue weighted by Crippen LogP contribution is 2.53. The van der Waals surface area contributed by atoms with Gasteiger partial charge in [0.05, 0.1) is 33.4 Å². The van der Waals surface area contributed by atoms with E-state index >= 15 is 0 Å². The second-order valence-corrected chi connectivity index (χ2v) is 17.3. The van der Waals surface area contributed by atoms with Gasteiger partial charge in [-0.2, -0.15) is 0 Å². The van der Waals surface area contributed by atoms with E-state index in [4.69, 9.17) is 0 Å². The van der Waals surface area contributed by atoms with Crippen LogP contribution in [0.15, 0.2) is 219 Å². The maximum absolute atomic E-state index is 2.60. The van der Waals surface area contributed by atoms with E-state index in [0.717, 1.165) is 22.4 Å². The third-order valence-corrected chi connectivity index (χ3v) is 14.1. The van der Waals surface area contributed by atoms with Crippen LogP contribution in [0.25, 0.3) is 93.9 Å². The summed E-state index contributed by atoms with van der Waals surface area (Å²) in [5.41, 5.74) is 21.6. The van der Waals surface area contributed by atoms with Gasteiger partial charge in [-0.05, 0) is 99.4 Å². The van der Waals surface area contributed by atoms with Crippen LogP contribution in [-0.4, -0.2) is 25.1 Å². The second-order valence-electron chi connectivity index (χ2n) is 17.3. The molecular formula is C58H36BN5. The second kappa shape index (κ2) is 12.6. The summed E-state index contributed by atoms with van der Waals surface area (Å²) >= 11 is 0. The molecule has 9 aromatic carbocycles. The fraction of sp³-hybridized carbons (Fsp3) is 0. The quantitative estimate of drug-likeness (QED) is 0.0986. The number of anilines is 3. The van der Waals surface area contributed by atoms with Crippen molar-refractivity contribution >= 4 is 84.0 Å². The molecule has 0 saturated carbocycles. The van der Waals surface area contributed by atoms with Crippen molar-refractivity contribution in [1.29, 1.82) is 0 Å². The maximum Gasteiger partial charge on any atom is 0.332 e. The summed E-state index contributed by atoms with van der Waals surface area (Å²) in [6.45, 7) is -0.102. The number of hydrogen-bond acceptors (Lipinski definition) is 1. The molecule has 6 heteroatoms. The Morgan fingerprint density at radius 1 is 0.422 bits per heavy atom. The zero-order chi connectivity index (χ0) is 41.6. The van der Waals surface area contributed by atoms with Gasteiger partial charge in [-0.3, -0.25) is 4.52 Å². The van der Waals surface area contributed by atoms with Gasteiger partial charge in [0.15, 0.2) is 0 Å². The van der Waals surface area contributed by atoms with Crippen molar-refractivity contribution in [3.63, 3.8) is 0 Å². The van der Waals surface area contributed by atoms with Gasteiger partial charge >= 0.3 is 6.85 Å². The summed E-state index contributed by atoms with van der Waals surface area (Å²) in [4.78, 5) is 2.60. The Hall–Kier alpha value is -8.48. The van der Waals surface area contributed by atoms with Crippen molar-refractivity contribution in [3.8, 4) is 44.8 Å². The minimum absolute atomic E-state index is 0.102. The summed E-state index contributed by atoms with van der Waals surface area (Å²) in [5, 5.41) is 4.91. The highest BCUT2D eigenvalue weighted by molar-refractivity contribution is 6.90. The molecule has 0 fully saturated rings. The Morgan fingerprint density at radius 3 is 1.81 bits per heavy atom. The molecule has 0 aliphatic carbocycles. The molecule has 5 nitrogen and oxygen atoms in total. The molecule has 0 saturated heterocycles. The normalized spacial score (nSPS) is 12.9. The summed E-state index contributed by atoms with van der Waals surface area (Å²) < 4.78 is 10.1. The fourth-order valence-electron chi connectivity index (χ4n) is 11.6. The molecular weight excluding hydrogens is 777 g/mol. The molecule has 11 aromatic rings. The molecule has 0 unspecified atom stereocenters. The Morgan fingerprint density at radius 2 is 1.06 bits per heavy atom. The summed E-state index contributed by atoms with van der Waals surface area (Å²) in [7, 11) is 0. The summed E-state index contributed by atoms with van der Waals surface area (Å²) in [6, 6.07) is 76.3. The zero-order valence-electron chi connectivity index (χ0n) is 34.6. The molecule has 0 spiro atoms. The molecule has 4 aliphatic heterocycles. The number of aromatic nitrogens is 4. The average Bonchev–Trinajstić information content (AvgIpc) is 4.01. The van der Waals surface area contributed by atoms with Gasteiger partial charge in [0.25, 0.3) is 0 Å². The minimum atomic E-state index is -0.102. The van der Waals surface area contributed by atoms with Crippen LogP contribution in [0.2, 0.25) is 0 Å². The van der Waals surface area contributed by atoms with Gasteiger partial charge in [-0.1, -0.05) is 152 Å². The fourth-order valence-corrected chi connectivity index (χ4v) is 11.6. The van der Waals surface area contributed by atoms with Crippen LogP contribution in [0.4, 0.5) is 17.1 Å². The predicted molar refractivity (Wildman–Crippen MR) is 267 cm³/mol. The lowest BCUT2D eigenvalue weighted by atomic mass is 9.44. The van der Waals surface area contributed by atoms with Crippen LogP contribution < -0.4 is 15.8 Å². The van der Waals surface area contributed by atoms with E-state index in [1.54, 1.807) is 0 Å². The van der Waals surface area contributed by atoms with Gasteiger partial charge in [-0.15, -0.1) is 0 Å². The Kier molecular flexibility index (Phi) is 6.70. The molecule has 0 radical (unpaired) electrons. The number of benzene rings is 9. The lowest BCUT2D eigenvalue weighted by Gasteiger charge is -2.43. The van der Waals surface area contributed by atoms with Crippen LogP contribution >= 0.6 is 0 Å². The molecule has 64 heavy (non-hydrogen) atoms. The Balaban J connectivity index is 1.24. The van der Waals surface area contributed by atoms with Gasteiger partial charge in [-0.25, -0.2) is 4.68 Å². The molecule has 296 valence electrons. The number of fused-ring (bicyclic) bond motifs is 10. The zero-order valence-corrected chi connectivity index (χ0v) is 34.6. The Bertz CT molecular complexity index is 4010. The molecule has 15 rings (SSSR count). The van der Waals surface area contributed by atoms with Gasteiger partial charge < -0.3 is 13.9 Å². The Labute approximate surface area is 368 Å². The topological polar surface area (TPSA) is 22.4 Å². The van der Waals surface area contributed by atoms with Gasteiger partial charge in [0.2, 0.25) is 0 Å². The molecule has 0 bridgehead atoms. The first-order valence-corrected chi connectivity index (χ1v) is 22.1. The van der Waals surface area contributed by atoms with Gasteiger partial charge in [0.1, 0.15) is 0 Å². The van der Waals surface area contributed by atoms with E-state index in [2.05, 4.69) is 242 Å². The van der Waals surface area contributed by atoms with Crippen LogP contribution in [-0.2, 0) is 0 Å². The number of para-hydroxylation sites is 4. The van der Waals surface area contributed by atoms with Crippen LogP contribution in [0, 0.1) is 0 Å². The van der Waals surface area contributed by atoms with E-state index < -0.39 is 0 Å². The summed E-state index contributed by atoms with van der Waals surface area (Å²) in [6.07, 6.45) is 4.60. The van der Waals surface area contributed by atoms with Crippen molar-refractivity contribution in [2.75, 3.05) is 4.90 Å². The molecule has 0 N–H and O–H groups in total. The van der Waals surface area contributed by atoms with Crippen molar-refractivity contribution in [2.24, 2.45) is 0 Å². The van der Waals surface area contributed by atoms with E-state index in [9.17, 15) is 0 Å². The predicted octanol–water partition coefficient (Wildman–Crippen LogP) is 13.1. The van der Waals surface area contributed by atoms with Crippen LogP contribution in [0.1, 0.15) is 0 Å². The summed E-state index contributed by atoms with van der Waals surface area (Å²) in [5.74, 6) is 0. The largest absolute Gasteiger partial charge is 0.382 e. The van der Waals surface area contributed by atoms with Crippen LogP contribution in [0.3, 0.4) is 0 Å². The van der Waals surface area contributed by atoms with E-state index in [1.807, 2.05) is 0 Å². The van der Waals surface area contributed by atoms with Gasteiger partial charge in [0, 0.05) is 56.1 Å². The van der Waals surface area contributed by atoms with E-state index in [0.29, 0.717) is 0 Å². The number of rotatable bonds is 4. The average molecular weight is 814 g/mol. The first-order chi connectivity index (χ1) is 31.8. The standard InChI is InChI=1S/C58H36BN5/c1-5-15-37(16-6-1)41-27-29-47-49(35-41)62(43-21-9-3-10-22-43)56-52-46-26-14-20-40-32-34-61(55(40)46)64-48-30-28-42(38-17-7-2-8-18-38)36-50(48)63(44-23-11-4-12-24-44)57(58(52)64)51-45-25-13-19-39-31-33-60(54(39)45)59(47)53(51)56/h1-36H. The minimum Gasteiger partial charge on any atom is -0.382 e. The SMILES string of the molecule is c1ccc(-c2ccc3c(c2)N(c2ccccc2)c2c4c(c5c6c2c2cccc7ccn(c72)n-6c2ccc(-c6ccccc6)cc2n5-c2ccccc2)-c2cccc5ccn(c25)B34)cc1. The number of nitrogens with zero attached hydrogens (tertiary/aromatic N) is 5. The van der Waals surface area contributed by atoms with E-state index in [-0.39, 0.29) is 6.85 Å². The monoisotopic (exact) mass is 813 g/mol. The molecule has 4 aliphatic rings. The molecule has 6 heterocycles. The highest BCUT2D eigenvalue weighted by atomic mass is 15.4.